The maximum atomic E-state index is 13.6. The molecule has 1 fully saturated rings. The number of carbonyl (C=O) groups excluding carboxylic acids is 2. The molecule has 2 amide bonds. The Balaban J connectivity index is 2.10. The minimum Gasteiger partial charge on any atom is -0.341 e. The van der Waals surface area contributed by atoms with E-state index in [9.17, 15) is 18.4 Å². The van der Waals surface area contributed by atoms with Gasteiger partial charge < -0.3 is 9.80 Å². The summed E-state index contributed by atoms with van der Waals surface area (Å²) >= 11 is 0. The molecule has 0 saturated carbocycles. The van der Waals surface area contributed by atoms with Crippen LogP contribution in [0.1, 0.15) is 30.1 Å². The first-order valence-corrected chi connectivity index (χ1v) is 6.91. The highest BCUT2D eigenvalue weighted by Crippen LogP contribution is 2.14. The highest BCUT2D eigenvalue weighted by atomic mass is 19.2. The molecule has 1 aliphatic heterocycles. The monoisotopic (exact) mass is 297 g/mol. The van der Waals surface area contributed by atoms with E-state index < -0.39 is 17.7 Å². The highest BCUT2D eigenvalue weighted by Gasteiger charge is 2.25. The van der Waals surface area contributed by atoms with Gasteiger partial charge in [0.05, 0.1) is 5.56 Å². The van der Waals surface area contributed by atoms with Crippen LogP contribution in [0, 0.1) is 11.8 Å². The Morgan fingerprint density at radius 1 is 1.19 bits per heavy atom. The molecule has 0 atom stereocenters. The predicted octanol–water partition coefficient (Wildman–Crippen LogP) is 1.44. The summed E-state index contributed by atoms with van der Waals surface area (Å²) in [4.78, 5) is 30.2. The van der Waals surface area contributed by atoms with Gasteiger partial charge in [-0.2, -0.15) is 4.39 Å². The Labute approximate surface area is 121 Å². The molecule has 0 bridgehead atoms. The molecule has 0 N–H and O–H groups in total. The Bertz CT molecular complexity index is 551. The number of pyridine rings is 1. The van der Waals surface area contributed by atoms with Gasteiger partial charge in [0.2, 0.25) is 11.9 Å². The first-order valence-electron chi connectivity index (χ1n) is 6.91. The summed E-state index contributed by atoms with van der Waals surface area (Å²) in [6, 6.07) is 1.17. The topological polar surface area (TPSA) is 53.5 Å². The second-order valence-corrected chi connectivity index (χ2v) is 4.84. The van der Waals surface area contributed by atoms with E-state index in [1.54, 1.807) is 11.8 Å². The molecule has 0 unspecified atom stereocenters. The molecule has 1 saturated heterocycles. The summed E-state index contributed by atoms with van der Waals surface area (Å²) in [5.41, 5.74) is -0.322. The first-order chi connectivity index (χ1) is 10.0. The van der Waals surface area contributed by atoms with E-state index in [2.05, 4.69) is 4.98 Å². The minimum atomic E-state index is -1.28. The molecular formula is C14H17F2N3O2. The van der Waals surface area contributed by atoms with Crippen LogP contribution >= 0.6 is 0 Å². The van der Waals surface area contributed by atoms with E-state index in [0.717, 1.165) is 6.20 Å². The predicted molar refractivity (Wildman–Crippen MR) is 71.5 cm³/mol. The van der Waals surface area contributed by atoms with Crippen molar-refractivity contribution in [1.29, 1.82) is 0 Å². The summed E-state index contributed by atoms with van der Waals surface area (Å²) in [6.45, 7) is 3.49. The van der Waals surface area contributed by atoms with Gasteiger partial charge in [0.25, 0.3) is 5.91 Å². The van der Waals surface area contributed by atoms with E-state index >= 15 is 0 Å². The van der Waals surface area contributed by atoms with Crippen molar-refractivity contribution in [2.45, 2.75) is 19.8 Å². The second-order valence-electron chi connectivity index (χ2n) is 4.84. The zero-order chi connectivity index (χ0) is 15.4. The van der Waals surface area contributed by atoms with Crippen LogP contribution in [0.2, 0.25) is 0 Å². The van der Waals surface area contributed by atoms with Crippen molar-refractivity contribution in [3.63, 3.8) is 0 Å². The lowest BCUT2D eigenvalue weighted by Gasteiger charge is -2.22. The van der Waals surface area contributed by atoms with Gasteiger partial charge >= 0.3 is 0 Å². The Kier molecular flexibility index (Phi) is 4.82. The number of hydrogen-bond acceptors (Lipinski definition) is 3. The zero-order valence-electron chi connectivity index (χ0n) is 11.8. The fourth-order valence-electron chi connectivity index (χ4n) is 2.35. The molecule has 1 aliphatic rings. The lowest BCUT2D eigenvalue weighted by molar-refractivity contribution is -0.130. The largest absolute Gasteiger partial charge is 0.341 e. The van der Waals surface area contributed by atoms with E-state index in [0.29, 0.717) is 39.0 Å². The third-order valence-electron chi connectivity index (χ3n) is 3.52. The van der Waals surface area contributed by atoms with Gasteiger partial charge in [-0.25, -0.2) is 9.37 Å². The minimum absolute atomic E-state index is 0.0328. The average Bonchev–Trinajstić information content (AvgIpc) is 2.74. The molecule has 2 rings (SSSR count). The quantitative estimate of drug-likeness (QED) is 0.776. The number of amides is 2. The molecule has 0 radical (unpaired) electrons. The molecule has 1 aromatic rings. The third-order valence-corrected chi connectivity index (χ3v) is 3.52. The number of halogens is 2. The van der Waals surface area contributed by atoms with Gasteiger partial charge in [-0.3, -0.25) is 9.59 Å². The summed E-state index contributed by atoms with van der Waals surface area (Å²) in [7, 11) is 0. The number of rotatable bonds is 2. The van der Waals surface area contributed by atoms with Crippen LogP contribution in [-0.2, 0) is 4.79 Å². The van der Waals surface area contributed by atoms with E-state index in [4.69, 9.17) is 0 Å². The second kappa shape index (κ2) is 6.60. The van der Waals surface area contributed by atoms with Crippen LogP contribution < -0.4 is 0 Å². The smallest absolute Gasteiger partial charge is 0.257 e. The molecule has 1 aromatic heterocycles. The molecule has 0 aliphatic carbocycles. The first kappa shape index (κ1) is 15.3. The molecule has 5 nitrogen and oxygen atoms in total. The van der Waals surface area contributed by atoms with Crippen LogP contribution in [0.15, 0.2) is 12.3 Å². The van der Waals surface area contributed by atoms with Gasteiger partial charge in [-0.1, -0.05) is 6.92 Å². The lowest BCUT2D eigenvalue weighted by Crippen LogP contribution is -2.37. The van der Waals surface area contributed by atoms with Crippen molar-refractivity contribution < 1.29 is 18.4 Å². The third kappa shape index (κ3) is 3.34. The van der Waals surface area contributed by atoms with Crippen LogP contribution in [-0.4, -0.2) is 52.8 Å². The van der Waals surface area contributed by atoms with Crippen molar-refractivity contribution >= 4 is 11.8 Å². The summed E-state index contributed by atoms with van der Waals surface area (Å²) < 4.78 is 26.7. The number of nitrogens with zero attached hydrogens (tertiary/aromatic N) is 3. The van der Waals surface area contributed by atoms with Gasteiger partial charge in [-0.05, 0) is 12.5 Å². The summed E-state index contributed by atoms with van der Waals surface area (Å²) in [5.74, 6) is -3.04. The van der Waals surface area contributed by atoms with Crippen LogP contribution in [0.5, 0.6) is 0 Å². The van der Waals surface area contributed by atoms with Crippen molar-refractivity contribution in [3.8, 4) is 0 Å². The van der Waals surface area contributed by atoms with Gasteiger partial charge in [-0.15, -0.1) is 0 Å². The number of carbonyl (C=O) groups is 2. The van der Waals surface area contributed by atoms with Gasteiger partial charge in [0.15, 0.2) is 5.82 Å². The standard InChI is InChI=1S/C14H17F2N3O2/c1-2-11(20)18-6-3-7-19(9-8-18)14(21)10-4-5-17-13(16)12(10)15/h4-5H,2-3,6-9H2,1H3. The van der Waals surface area contributed by atoms with Crippen molar-refractivity contribution in [2.24, 2.45) is 0 Å². The molecule has 0 aromatic carbocycles. The zero-order valence-corrected chi connectivity index (χ0v) is 11.8. The van der Waals surface area contributed by atoms with Crippen LogP contribution in [0.3, 0.4) is 0 Å². The molecule has 114 valence electrons. The summed E-state index contributed by atoms with van der Waals surface area (Å²) in [6.07, 6.45) is 2.10. The number of aromatic nitrogens is 1. The van der Waals surface area contributed by atoms with Crippen LogP contribution in [0.4, 0.5) is 8.78 Å². The van der Waals surface area contributed by atoms with Crippen molar-refractivity contribution in [1.82, 2.24) is 14.8 Å². The van der Waals surface area contributed by atoms with E-state index in [1.165, 1.54) is 11.0 Å². The Morgan fingerprint density at radius 2 is 1.86 bits per heavy atom. The van der Waals surface area contributed by atoms with E-state index in [-0.39, 0.29) is 11.5 Å². The van der Waals surface area contributed by atoms with E-state index in [1.807, 2.05) is 0 Å². The Hall–Kier alpha value is -2.05. The number of hydrogen-bond donors (Lipinski definition) is 0. The molecule has 2 heterocycles. The van der Waals surface area contributed by atoms with Crippen molar-refractivity contribution in [3.05, 3.63) is 29.6 Å². The SMILES string of the molecule is CCC(=O)N1CCCN(C(=O)c2ccnc(F)c2F)CC1. The van der Waals surface area contributed by atoms with Gasteiger partial charge in [0.1, 0.15) is 0 Å². The average molecular weight is 297 g/mol. The van der Waals surface area contributed by atoms with Crippen molar-refractivity contribution in [2.75, 3.05) is 26.2 Å². The normalized spacial score (nSPS) is 15.8. The Morgan fingerprint density at radius 3 is 2.57 bits per heavy atom. The van der Waals surface area contributed by atoms with Crippen LogP contribution in [0.25, 0.3) is 0 Å². The fourth-order valence-corrected chi connectivity index (χ4v) is 2.35. The molecular weight excluding hydrogens is 280 g/mol. The summed E-state index contributed by atoms with van der Waals surface area (Å²) in [5, 5.41) is 0. The molecule has 0 spiro atoms. The molecule has 21 heavy (non-hydrogen) atoms. The highest BCUT2D eigenvalue weighted by molar-refractivity contribution is 5.94. The lowest BCUT2D eigenvalue weighted by atomic mass is 10.2. The maximum Gasteiger partial charge on any atom is 0.257 e. The van der Waals surface area contributed by atoms with Gasteiger partial charge in [0, 0.05) is 38.8 Å². The maximum absolute atomic E-state index is 13.6. The fraction of sp³-hybridized carbons (Fsp3) is 0.500. The molecule has 7 heteroatoms.